The molecule has 0 bridgehead atoms. The second-order valence-electron chi connectivity index (χ2n) is 12.6. The van der Waals surface area contributed by atoms with Crippen LogP contribution < -0.4 is 16.0 Å². The highest BCUT2D eigenvalue weighted by Gasteiger charge is 2.27. The Morgan fingerprint density at radius 2 is 1.63 bits per heavy atom. The van der Waals surface area contributed by atoms with Crippen molar-refractivity contribution >= 4 is 40.9 Å². The van der Waals surface area contributed by atoms with Gasteiger partial charge in [0.1, 0.15) is 13.2 Å². The van der Waals surface area contributed by atoms with E-state index in [1.807, 2.05) is 42.2 Å². The average molecular weight is 654 g/mol. The Bertz CT molecular complexity index is 1340. The van der Waals surface area contributed by atoms with Gasteiger partial charge in [-0.15, -0.1) is 0 Å². The van der Waals surface area contributed by atoms with Crippen LogP contribution in [0.15, 0.2) is 42.5 Å². The number of nitrogens with two attached hydrogens (primary N) is 1. The van der Waals surface area contributed by atoms with Crippen LogP contribution in [0, 0.1) is 18.8 Å². The summed E-state index contributed by atoms with van der Waals surface area (Å²) in [5.74, 6) is 0.0874. The van der Waals surface area contributed by atoms with Gasteiger partial charge in [0.25, 0.3) is 0 Å². The van der Waals surface area contributed by atoms with E-state index in [-0.39, 0.29) is 36.9 Å². The first-order valence-electron chi connectivity index (χ1n) is 16.4. The number of likely N-dealkylation sites (tertiary alicyclic amines) is 2. The molecule has 0 radical (unpaired) electrons. The third-order valence-electron chi connectivity index (χ3n) is 9.26. The monoisotopic (exact) mass is 653 g/mol. The summed E-state index contributed by atoms with van der Waals surface area (Å²) in [6, 6.07) is 13.4. The van der Waals surface area contributed by atoms with Gasteiger partial charge in [0.15, 0.2) is 0 Å². The molecular weight excluding hydrogens is 606 g/mol. The van der Waals surface area contributed by atoms with Gasteiger partial charge in [0.05, 0.1) is 0 Å². The van der Waals surface area contributed by atoms with Gasteiger partial charge in [-0.3, -0.25) is 19.2 Å². The molecule has 4 rings (SSSR count). The Labute approximate surface area is 277 Å². The number of primary amides is 1. The predicted molar refractivity (Wildman–Crippen MR) is 180 cm³/mol. The molecule has 2 aliphatic heterocycles. The molecule has 250 valence electrons. The third-order valence-corrected chi connectivity index (χ3v) is 9.67. The zero-order valence-corrected chi connectivity index (χ0v) is 27.9. The van der Waals surface area contributed by atoms with E-state index in [4.69, 9.17) is 22.1 Å². The van der Waals surface area contributed by atoms with Crippen molar-refractivity contribution in [2.45, 2.75) is 51.9 Å². The summed E-state index contributed by atoms with van der Waals surface area (Å²) < 4.78 is 5.22. The molecule has 0 spiro atoms. The lowest BCUT2D eigenvalue weighted by molar-refractivity contribution is -0.139. The number of hydrogen-bond acceptors (Lipinski definition) is 6. The molecule has 2 heterocycles. The number of amides is 4. The summed E-state index contributed by atoms with van der Waals surface area (Å²) in [6.45, 7) is 6.44. The molecule has 46 heavy (non-hydrogen) atoms. The molecule has 11 heteroatoms. The van der Waals surface area contributed by atoms with Crippen molar-refractivity contribution < 1.29 is 23.9 Å². The number of ether oxygens (including phenoxy) is 1. The maximum Gasteiger partial charge on any atom is 0.248 e. The van der Waals surface area contributed by atoms with Crippen molar-refractivity contribution in [3.05, 3.63) is 64.2 Å². The number of carbonyl (C=O) groups is 4. The first-order chi connectivity index (χ1) is 22.1. The summed E-state index contributed by atoms with van der Waals surface area (Å²) in [5, 5.41) is 3.11. The maximum atomic E-state index is 13.7. The first kappa shape index (κ1) is 35.4. The van der Waals surface area contributed by atoms with Gasteiger partial charge in [0, 0.05) is 49.4 Å². The number of aryl methyl sites for hydroxylation is 1. The fraction of sp³-hybridized carbons (Fsp3) is 0.543. The number of hydrogen-bond donors (Lipinski definition) is 2. The third kappa shape index (κ3) is 10.5. The molecule has 0 aromatic heterocycles. The Balaban J connectivity index is 1.24. The summed E-state index contributed by atoms with van der Waals surface area (Å²) in [7, 11) is 1.52. The number of halogens is 1. The van der Waals surface area contributed by atoms with E-state index in [2.05, 4.69) is 10.2 Å². The van der Waals surface area contributed by atoms with Crippen molar-refractivity contribution in [1.29, 1.82) is 0 Å². The molecular formula is C35H48ClN5O5. The summed E-state index contributed by atoms with van der Waals surface area (Å²) in [6.07, 6.45) is 6.03. The van der Waals surface area contributed by atoms with E-state index in [0.717, 1.165) is 69.4 Å². The van der Waals surface area contributed by atoms with Crippen LogP contribution in [0.25, 0.3) is 0 Å². The smallest absolute Gasteiger partial charge is 0.248 e. The number of piperidine rings is 2. The van der Waals surface area contributed by atoms with Gasteiger partial charge in [-0.1, -0.05) is 29.8 Å². The SMILES string of the molecule is CNC(=O)COCC(=O)N1CCC(CC(=O)N(CCCN2CCC(Cc3ccc(C(N)=O)cc3)CC2)c2ccc(C)c(Cl)c2)CC1. The van der Waals surface area contributed by atoms with Crippen LogP contribution in [0.4, 0.5) is 5.69 Å². The van der Waals surface area contributed by atoms with Crippen molar-refractivity contribution in [2.75, 3.05) is 64.4 Å². The van der Waals surface area contributed by atoms with Crippen LogP contribution in [0.3, 0.4) is 0 Å². The average Bonchev–Trinajstić information content (AvgIpc) is 3.05. The summed E-state index contributed by atoms with van der Waals surface area (Å²) in [4.78, 5) is 55.0. The maximum absolute atomic E-state index is 13.7. The zero-order chi connectivity index (χ0) is 33.1. The van der Waals surface area contributed by atoms with Crippen LogP contribution >= 0.6 is 11.6 Å². The quantitative estimate of drug-likeness (QED) is 0.320. The predicted octanol–water partition coefficient (Wildman–Crippen LogP) is 3.82. The number of carbonyl (C=O) groups excluding carboxylic acids is 4. The lowest BCUT2D eigenvalue weighted by atomic mass is 9.90. The van der Waals surface area contributed by atoms with Crippen LogP contribution in [-0.2, 0) is 25.5 Å². The number of anilines is 1. The van der Waals surface area contributed by atoms with Crippen molar-refractivity contribution in [2.24, 2.45) is 17.6 Å². The van der Waals surface area contributed by atoms with Gasteiger partial charge in [-0.05, 0) is 112 Å². The van der Waals surface area contributed by atoms with E-state index in [1.54, 1.807) is 17.0 Å². The number of nitrogens with zero attached hydrogens (tertiary/aromatic N) is 3. The molecule has 10 nitrogen and oxygen atoms in total. The van der Waals surface area contributed by atoms with Gasteiger partial charge in [-0.25, -0.2) is 0 Å². The highest BCUT2D eigenvalue weighted by molar-refractivity contribution is 6.31. The minimum absolute atomic E-state index is 0.0830. The van der Waals surface area contributed by atoms with Crippen molar-refractivity contribution in [3.8, 4) is 0 Å². The number of likely N-dealkylation sites (N-methyl/N-ethyl adjacent to an activating group) is 1. The minimum atomic E-state index is -0.400. The Hall–Kier alpha value is -3.47. The molecule has 2 aliphatic rings. The number of nitrogens with one attached hydrogen (secondary N) is 1. The Morgan fingerprint density at radius 3 is 2.26 bits per heavy atom. The second-order valence-corrected chi connectivity index (χ2v) is 13.0. The normalized spacial score (nSPS) is 16.3. The Morgan fingerprint density at radius 1 is 0.957 bits per heavy atom. The fourth-order valence-corrected chi connectivity index (χ4v) is 6.47. The molecule has 0 saturated carbocycles. The molecule has 4 amide bonds. The highest BCUT2D eigenvalue weighted by atomic mass is 35.5. The van der Waals surface area contributed by atoms with E-state index >= 15 is 0 Å². The lowest BCUT2D eigenvalue weighted by Gasteiger charge is -2.34. The molecule has 2 saturated heterocycles. The highest BCUT2D eigenvalue weighted by Crippen LogP contribution is 2.28. The molecule has 0 unspecified atom stereocenters. The van der Waals surface area contributed by atoms with Crippen LogP contribution in [0.1, 0.15) is 60.0 Å². The van der Waals surface area contributed by atoms with Crippen molar-refractivity contribution in [3.63, 3.8) is 0 Å². The molecule has 3 N–H and O–H groups in total. The minimum Gasteiger partial charge on any atom is -0.366 e. The summed E-state index contributed by atoms with van der Waals surface area (Å²) in [5.41, 5.74) is 8.94. The fourth-order valence-electron chi connectivity index (χ4n) is 6.29. The number of benzene rings is 2. The standard InChI is InChI=1S/C35H48ClN5O5/c1-25-4-9-30(22-31(25)36)41(33(43)21-28-12-18-40(19-13-28)34(44)24-46-23-32(42)38-2)15-3-14-39-16-10-27(11-17-39)20-26-5-7-29(8-6-26)35(37)45/h4-9,22,27-28H,3,10-21,23-24H2,1-2H3,(H2,37,45)(H,38,42). The topological polar surface area (TPSA) is 125 Å². The van der Waals surface area contributed by atoms with Gasteiger partial charge in [0.2, 0.25) is 23.6 Å². The van der Waals surface area contributed by atoms with Crippen LogP contribution in [-0.4, -0.2) is 93.0 Å². The van der Waals surface area contributed by atoms with Crippen LogP contribution in [0.5, 0.6) is 0 Å². The molecule has 2 aromatic rings. The number of rotatable bonds is 14. The molecule has 2 aromatic carbocycles. The van der Waals surface area contributed by atoms with Gasteiger partial charge >= 0.3 is 0 Å². The van der Waals surface area contributed by atoms with Crippen LogP contribution in [0.2, 0.25) is 5.02 Å². The van der Waals surface area contributed by atoms with E-state index in [1.165, 1.54) is 12.6 Å². The lowest BCUT2D eigenvalue weighted by Crippen LogP contribution is -2.42. The summed E-state index contributed by atoms with van der Waals surface area (Å²) >= 11 is 6.47. The first-order valence-corrected chi connectivity index (χ1v) is 16.7. The van der Waals surface area contributed by atoms with E-state index in [9.17, 15) is 19.2 Å². The Kier molecular flexibility index (Phi) is 13.4. The van der Waals surface area contributed by atoms with Gasteiger partial charge < -0.3 is 30.5 Å². The largest absolute Gasteiger partial charge is 0.366 e. The second kappa shape index (κ2) is 17.4. The van der Waals surface area contributed by atoms with E-state index < -0.39 is 5.91 Å². The van der Waals surface area contributed by atoms with Gasteiger partial charge in [-0.2, -0.15) is 0 Å². The molecule has 0 aliphatic carbocycles. The van der Waals surface area contributed by atoms with Crippen molar-refractivity contribution in [1.82, 2.24) is 15.1 Å². The zero-order valence-electron chi connectivity index (χ0n) is 27.1. The van der Waals surface area contributed by atoms with E-state index in [0.29, 0.717) is 42.6 Å². The molecule has 2 fully saturated rings. The molecule has 0 atom stereocenters.